The fourth-order valence-corrected chi connectivity index (χ4v) is 4.02. The van der Waals surface area contributed by atoms with E-state index in [1.54, 1.807) is 0 Å². The van der Waals surface area contributed by atoms with Crippen molar-refractivity contribution in [2.75, 3.05) is 6.54 Å². The van der Waals surface area contributed by atoms with E-state index in [0.29, 0.717) is 19.6 Å². The molecule has 26 heavy (non-hydrogen) atoms. The molecule has 1 fully saturated rings. The Balaban J connectivity index is 1.66. The smallest absolute Gasteiger partial charge is 0.227 e. The number of carbonyl (C=O) groups is 2. The Morgan fingerprint density at radius 1 is 1.19 bits per heavy atom. The maximum Gasteiger partial charge on any atom is 0.227 e. The Kier molecular flexibility index (Phi) is 6.22. The summed E-state index contributed by atoms with van der Waals surface area (Å²) in [5, 5.41) is 3.03. The topological polar surface area (TPSA) is 75.2 Å². The van der Waals surface area contributed by atoms with Gasteiger partial charge in [0.15, 0.2) is 0 Å². The third kappa shape index (κ3) is 4.05. The van der Waals surface area contributed by atoms with Crippen LogP contribution in [0.5, 0.6) is 0 Å². The number of hydrogen-bond acceptors (Lipinski definition) is 4. The van der Waals surface area contributed by atoms with Gasteiger partial charge in [0.05, 0.1) is 12.2 Å². The third-order valence-corrected chi connectivity index (χ3v) is 5.58. The molecule has 0 unspecified atom stereocenters. The molecular formula is C20H30N4O2. The maximum atomic E-state index is 13.2. The van der Waals surface area contributed by atoms with Crippen LogP contribution in [0.2, 0.25) is 0 Å². The second-order valence-corrected chi connectivity index (χ2v) is 7.45. The molecule has 6 heteroatoms. The molecule has 6 nitrogen and oxygen atoms in total. The normalized spacial score (nSPS) is 22.2. The van der Waals surface area contributed by atoms with Crippen LogP contribution in [0.3, 0.4) is 0 Å². The highest BCUT2D eigenvalue weighted by atomic mass is 16.2. The van der Waals surface area contributed by atoms with E-state index in [2.05, 4.69) is 22.2 Å². The van der Waals surface area contributed by atoms with Crippen molar-refractivity contribution in [3.05, 3.63) is 23.3 Å². The Bertz CT molecular complexity index is 661. The van der Waals surface area contributed by atoms with E-state index in [1.165, 1.54) is 0 Å². The molecule has 1 N–H and O–H groups in total. The molecule has 1 aliphatic heterocycles. The van der Waals surface area contributed by atoms with Crippen LogP contribution in [0.15, 0.2) is 6.20 Å². The number of hydrogen-bond donors (Lipinski definition) is 1. The summed E-state index contributed by atoms with van der Waals surface area (Å²) in [6.07, 6.45) is 8.36. The summed E-state index contributed by atoms with van der Waals surface area (Å²) in [7, 11) is 0. The van der Waals surface area contributed by atoms with Gasteiger partial charge >= 0.3 is 0 Å². The van der Waals surface area contributed by atoms with Crippen LogP contribution in [0.1, 0.15) is 69.5 Å². The van der Waals surface area contributed by atoms with Crippen molar-refractivity contribution in [3.63, 3.8) is 0 Å². The summed E-state index contributed by atoms with van der Waals surface area (Å²) in [5.74, 6) is 0.606. The van der Waals surface area contributed by atoms with E-state index in [4.69, 9.17) is 0 Å². The Morgan fingerprint density at radius 2 is 1.96 bits per heavy atom. The van der Waals surface area contributed by atoms with E-state index in [0.717, 1.165) is 62.0 Å². The van der Waals surface area contributed by atoms with Gasteiger partial charge in [-0.05, 0) is 19.3 Å². The molecule has 0 bridgehead atoms. The molecule has 142 valence electrons. The molecule has 1 aliphatic carbocycles. The van der Waals surface area contributed by atoms with E-state index in [9.17, 15) is 9.59 Å². The van der Waals surface area contributed by atoms with Gasteiger partial charge in [0.1, 0.15) is 5.82 Å². The molecule has 0 spiro atoms. The van der Waals surface area contributed by atoms with Gasteiger partial charge in [0, 0.05) is 43.1 Å². The second-order valence-electron chi connectivity index (χ2n) is 7.45. The molecule has 0 aromatic carbocycles. The summed E-state index contributed by atoms with van der Waals surface area (Å²) >= 11 is 0. The van der Waals surface area contributed by atoms with Gasteiger partial charge < -0.3 is 10.2 Å². The fourth-order valence-electron chi connectivity index (χ4n) is 4.02. The van der Waals surface area contributed by atoms with Gasteiger partial charge in [-0.2, -0.15) is 0 Å². The van der Waals surface area contributed by atoms with Crippen LogP contribution < -0.4 is 5.32 Å². The summed E-state index contributed by atoms with van der Waals surface area (Å²) in [6.45, 7) is 5.96. The fraction of sp³-hybridized carbons (Fsp3) is 0.700. The van der Waals surface area contributed by atoms with Gasteiger partial charge in [-0.25, -0.2) is 9.97 Å². The van der Waals surface area contributed by atoms with Crippen molar-refractivity contribution in [1.82, 2.24) is 20.2 Å². The van der Waals surface area contributed by atoms with Gasteiger partial charge in [-0.3, -0.25) is 9.59 Å². The SMILES string of the molecule is CCCCNC(=O)[C@@H]1CCCC[C@@H]1C(=O)N1Cc2cnc(CC)nc2C1. The molecule has 1 aromatic rings. The number of fused-ring (bicyclic) bond motifs is 1. The van der Waals surface area contributed by atoms with Crippen LogP contribution in [0.4, 0.5) is 0 Å². The van der Waals surface area contributed by atoms with Crippen molar-refractivity contribution in [2.45, 2.75) is 71.9 Å². The average Bonchev–Trinajstić information content (AvgIpc) is 3.10. The predicted molar refractivity (Wildman–Crippen MR) is 99.0 cm³/mol. The number of carbonyl (C=O) groups excluding carboxylic acids is 2. The molecule has 2 aliphatic rings. The number of nitrogens with zero attached hydrogens (tertiary/aromatic N) is 3. The summed E-state index contributed by atoms with van der Waals surface area (Å²) in [6, 6.07) is 0. The van der Waals surface area contributed by atoms with Crippen LogP contribution in [0, 0.1) is 11.8 Å². The molecular weight excluding hydrogens is 328 g/mol. The molecule has 2 heterocycles. The molecule has 2 atom stereocenters. The van der Waals surface area contributed by atoms with Crippen LogP contribution >= 0.6 is 0 Å². The van der Waals surface area contributed by atoms with Crippen LogP contribution in [-0.4, -0.2) is 33.2 Å². The highest BCUT2D eigenvalue weighted by Crippen LogP contribution is 2.34. The molecule has 1 aromatic heterocycles. The lowest BCUT2D eigenvalue weighted by atomic mass is 9.78. The zero-order valence-electron chi connectivity index (χ0n) is 16.0. The highest BCUT2D eigenvalue weighted by Gasteiger charge is 2.39. The minimum Gasteiger partial charge on any atom is -0.356 e. The lowest BCUT2D eigenvalue weighted by molar-refractivity contribution is -0.144. The molecule has 0 saturated heterocycles. The van der Waals surface area contributed by atoms with Crippen LogP contribution in [-0.2, 0) is 29.1 Å². The van der Waals surface area contributed by atoms with Crippen molar-refractivity contribution in [1.29, 1.82) is 0 Å². The summed E-state index contributed by atoms with van der Waals surface area (Å²) in [5.41, 5.74) is 2.00. The number of aromatic nitrogens is 2. The molecule has 3 rings (SSSR count). The predicted octanol–water partition coefficient (Wildman–Crippen LogP) is 2.60. The number of rotatable bonds is 6. The largest absolute Gasteiger partial charge is 0.356 e. The lowest BCUT2D eigenvalue weighted by Gasteiger charge is -2.32. The van der Waals surface area contributed by atoms with Crippen molar-refractivity contribution >= 4 is 11.8 Å². The minimum absolute atomic E-state index is 0.0567. The second kappa shape index (κ2) is 8.60. The van der Waals surface area contributed by atoms with Gasteiger partial charge in [0.2, 0.25) is 11.8 Å². The van der Waals surface area contributed by atoms with E-state index in [1.807, 2.05) is 18.0 Å². The molecule has 0 radical (unpaired) electrons. The first kappa shape index (κ1) is 18.8. The standard InChI is InChI=1S/C20H30N4O2/c1-3-5-10-21-19(25)15-8-6-7-9-16(15)20(26)24-12-14-11-22-18(4-2)23-17(14)13-24/h11,15-16H,3-10,12-13H2,1-2H3,(H,21,25)/t15-,16+/m1/s1. The van der Waals surface area contributed by atoms with E-state index >= 15 is 0 Å². The van der Waals surface area contributed by atoms with Crippen LogP contribution in [0.25, 0.3) is 0 Å². The Morgan fingerprint density at radius 3 is 2.69 bits per heavy atom. The highest BCUT2D eigenvalue weighted by molar-refractivity contribution is 5.88. The van der Waals surface area contributed by atoms with Crippen molar-refractivity contribution in [3.8, 4) is 0 Å². The van der Waals surface area contributed by atoms with E-state index in [-0.39, 0.29) is 23.7 Å². The van der Waals surface area contributed by atoms with Gasteiger partial charge in [0.25, 0.3) is 0 Å². The zero-order chi connectivity index (χ0) is 18.5. The number of aryl methyl sites for hydroxylation is 1. The molecule has 2 amide bonds. The quantitative estimate of drug-likeness (QED) is 0.793. The molecule has 1 saturated carbocycles. The van der Waals surface area contributed by atoms with Crippen molar-refractivity contribution in [2.24, 2.45) is 11.8 Å². The third-order valence-electron chi connectivity index (χ3n) is 5.58. The number of amides is 2. The number of nitrogens with one attached hydrogen (secondary N) is 1. The zero-order valence-corrected chi connectivity index (χ0v) is 16.0. The van der Waals surface area contributed by atoms with Gasteiger partial charge in [-0.1, -0.05) is 33.1 Å². The minimum atomic E-state index is -0.196. The van der Waals surface area contributed by atoms with E-state index < -0.39 is 0 Å². The lowest BCUT2D eigenvalue weighted by Crippen LogP contribution is -2.44. The Hall–Kier alpha value is -1.98. The van der Waals surface area contributed by atoms with Crippen molar-refractivity contribution < 1.29 is 9.59 Å². The Labute approximate surface area is 155 Å². The first-order valence-corrected chi connectivity index (χ1v) is 10.0. The maximum absolute atomic E-state index is 13.2. The van der Waals surface area contributed by atoms with Gasteiger partial charge in [-0.15, -0.1) is 0 Å². The first-order chi connectivity index (χ1) is 12.6. The number of unbranched alkanes of at least 4 members (excludes halogenated alkanes) is 1. The summed E-state index contributed by atoms with van der Waals surface area (Å²) in [4.78, 5) is 36.5. The average molecular weight is 358 g/mol. The summed E-state index contributed by atoms with van der Waals surface area (Å²) < 4.78 is 0. The first-order valence-electron chi connectivity index (χ1n) is 10.0. The monoisotopic (exact) mass is 358 g/mol.